The maximum Gasteiger partial charge on any atom is 0.136 e. The van der Waals surface area contributed by atoms with Crippen LogP contribution >= 0.6 is 11.8 Å². The van der Waals surface area contributed by atoms with Crippen molar-refractivity contribution in [3.8, 4) is 0 Å². The zero-order chi connectivity index (χ0) is 14.1. The zero-order valence-electron chi connectivity index (χ0n) is 11.4. The van der Waals surface area contributed by atoms with Crippen LogP contribution in [0.15, 0.2) is 41.3 Å². The Hall–Kier alpha value is -1.35. The predicted molar refractivity (Wildman–Crippen MR) is 81.6 cm³/mol. The molecule has 2 nitrogen and oxygen atoms in total. The summed E-state index contributed by atoms with van der Waals surface area (Å²) in [7, 11) is 0. The van der Waals surface area contributed by atoms with Gasteiger partial charge in [-0.25, -0.2) is 0 Å². The molecule has 0 N–H and O–H groups in total. The molecular formula is C17H18O2S. The van der Waals surface area contributed by atoms with Gasteiger partial charge in [0.1, 0.15) is 12.6 Å². The lowest BCUT2D eigenvalue weighted by Gasteiger charge is -2.27. The van der Waals surface area contributed by atoms with Crippen LogP contribution in [-0.4, -0.2) is 17.3 Å². The number of thioether (sulfide) groups is 1. The predicted octanol–water partition coefficient (Wildman–Crippen LogP) is 3.56. The quantitative estimate of drug-likeness (QED) is 0.794. The summed E-state index contributed by atoms with van der Waals surface area (Å²) in [6, 6.07) is 10.1. The molecule has 0 radical (unpaired) electrons. The van der Waals surface area contributed by atoms with Crippen molar-refractivity contribution in [2.75, 3.05) is 0 Å². The maximum atomic E-state index is 11.8. The molecule has 2 atom stereocenters. The number of hydrogen-bond donors (Lipinski definition) is 0. The molecule has 1 aliphatic carbocycles. The van der Waals surface area contributed by atoms with Gasteiger partial charge < -0.3 is 9.59 Å². The number of rotatable bonds is 4. The highest BCUT2D eigenvalue weighted by atomic mass is 32.2. The van der Waals surface area contributed by atoms with Gasteiger partial charge in [0.2, 0.25) is 0 Å². The van der Waals surface area contributed by atoms with Crippen molar-refractivity contribution in [3.63, 3.8) is 0 Å². The molecule has 1 aromatic rings. The largest absolute Gasteiger partial charge is 0.302 e. The van der Waals surface area contributed by atoms with E-state index in [1.807, 2.05) is 18.2 Å². The highest BCUT2D eigenvalue weighted by Crippen LogP contribution is 2.59. The molecule has 0 amide bonds. The summed E-state index contributed by atoms with van der Waals surface area (Å²) in [6.07, 6.45) is 8.63. The fourth-order valence-corrected chi connectivity index (χ4v) is 5.07. The Labute approximate surface area is 123 Å². The fraction of sp³-hybridized carbons (Fsp3) is 0.412. The molecule has 2 unspecified atom stereocenters. The van der Waals surface area contributed by atoms with E-state index < -0.39 is 10.2 Å². The van der Waals surface area contributed by atoms with E-state index in [-0.39, 0.29) is 0 Å². The first kappa shape index (κ1) is 13.6. The fourth-order valence-electron chi connectivity index (χ4n) is 3.39. The van der Waals surface area contributed by atoms with Crippen LogP contribution in [0.4, 0.5) is 0 Å². The summed E-state index contributed by atoms with van der Waals surface area (Å²) in [5, 5.41) is 0. The lowest BCUT2D eigenvalue weighted by Crippen LogP contribution is -2.32. The van der Waals surface area contributed by atoms with Crippen LogP contribution in [0.25, 0.3) is 0 Å². The molecule has 1 fully saturated rings. The molecule has 1 aromatic carbocycles. The summed E-state index contributed by atoms with van der Waals surface area (Å²) in [6.45, 7) is 0. The molecule has 104 valence electrons. The van der Waals surface area contributed by atoms with E-state index >= 15 is 0 Å². The molecule has 0 aromatic heterocycles. The van der Waals surface area contributed by atoms with Gasteiger partial charge in [0.15, 0.2) is 0 Å². The number of benzene rings is 1. The average Bonchev–Trinajstić information content (AvgIpc) is 2.83. The first-order valence-corrected chi connectivity index (χ1v) is 7.90. The van der Waals surface area contributed by atoms with E-state index in [1.54, 1.807) is 11.8 Å². The van der Waals surface area contributed by atoms with Crippen LogP contribution < -0.4 is 0 Å². The monoisotopic (exact) mass is 286 g/mol. The average molecular weight is 286 g/mol. The minimum Gasteiger partial charge on any atom is -0.302 e. The van der Waals surface area contributed by atoms with Crippen molar-refractivity contribution >= 4 is 24.3 Å². The van der Waals surface area contributed by atoms with Crippen LogP contribution in [0, 0.1) is 5.41 Å². The Bertz CT molecular complexity index is 551. The van der Waals surface area contributed by atoms with E-state index in [0.717, 1.165) is 42.3 Å². The minimum atomic E-state index is -0.474. The maximum absolute atomic E-state index is 11.8. The summed E-state index contributed by atoms with van der Waals surface area (Å²) >= 11 is 1.62. The van der Waals surface area contributed by atoms with Crippen molar-refractivity contribution in [1.29, 1.82) is 0 Å². The van der Waals surface area contributed by atoms with Crippen LogP contribution in [0.2, 0.25) is 0 Å². The number of allylic oxidation sites excluding steroid dienone is 2. The van der Waals surface area contributed by atoms with Crippen molar-refractivity contribution in [3.05, 3.63) is 46.9 Å². The Morgan fingerprint density at radius 2 is 1.95 bits per heavy atom. The van der Waals surface area contributed by atoms with Gasteiger partial charge in [-0.05, 0) is 42.6 Å². The third-order valence-corrected chi connectivity index (χ3v) is 5.95. The van der Waals surface area contributed by atoms with Gasteiger partial charge in [0.25, 0.3) is 0 Å². The lowest BCUT2D eigenvalue weighted by molar-refractivity contribution is -0.116. The van der Waals surface area contributed by atoms with Crippen LogP contribution in [0.3, 0.4) is 0 Å². The van der Waals surface area contributed by atoms with E-state index in [4.69, 9.17) is 0 Å². The molecule has 1 aliphatic heterocycles. The van der Waals surface area contributed by atoms with Gasteiger partial charge in [-0.15, -0.1) is 11.8 Å². The lowest BCUT2D eigenvalue weighted by atomic mass is 9.73. The number of aldehydes is 2. The van der Waals surface area contributed by atoms with Gasteiger partial charge in [-0.2, -0.15) is 0 Å². The molecule has 0 saturated carbocycles. The van der Waals surface area contributed by atoms with Gasteiger partial charge in [-0.1, -0.05) is 36.4 Å². The third-order valence-electron chi connectivity index (χ3n) is 4.36. The van der Waals surface area contributed by atoms with E-state index in [9.17, 15) is 9.59 Å². The van der Waals surface area contributed by atoms with Crippen LogP contribution in [0.1, 0.15) is 31.2 Å². The second-order valence-corrected chi connectivity index (χ2v) is 7.32. The highest BCUT2D eigenvalue weighted by Gasteiger charge is 2.52. The van der Waals surface area contributed by atoms with Crippen molar-refractivity contribution in [2.24, 2.45) is 5.41 Å². The molecule has 1 saturated heterocycles. The van der Waals surface area contributed by atoms with Gasteiger partial charge in [0, 0.05) is 0 Å². The molecule has 20 heavy (non-hydrogen) atoms. The summed E-state index contributed by atoms with van der Waals surface area (Å²) < 4.78 is -0.474. The van der Waals surface area contributed by atoms with Crippen molar-refractivity contribution in [2.45, 2.75) is 36.9 Å². The van der Waals surface area contributed by atoms with E-state index in [0.29, 0.717) is 12.8 Å². The van der Waals surface area contributed by atoms with Gasteiger partial charge >= 0.3 is 0 Å². The number of hydrogen-bond acceptors (Lipinski definition) is 3. The van der Waals surface area contributed by atoms with Gasteiger partial charge in [0.05, 0.1) is 10.2 Å². The Morgan fingerprint density at radius 1 is 1.15 bits per heavy atom. The summed E-state index contributed by atoms with van der Waals surface area (Å²) in [5.74, 6) is 0. The normalized spacial score (nSPS) is 32.3. The summed E-state index contributed by atoms with van der Waals surface area (Å²) in [5.41, 5.74) is 0.769. The number of carbonyl (C=O) groups excluding carboxylic acids is 2. The van der Waals surface area contributed by atoms with Crippen LogP contribution in [0.5, 0.6) is 0 Å². The SMILES string of the molecule is O=CC1(Cc2ccccc2)CC2(C=O)CCCC=C2S1. The molecular weight excluding hydrogens is 268 g/mol. The molecule has 1 heterocycles. The molecule has 0 bridgehead atoms. The molecule has 2 aliphatic rings. The smallest absolute Gasteiger partial charge is 0.136 e. The van der Waals surface area contributed by atoms with E-state index in [2.05, 4.69) is 18.2 Å². The van der Waals surface area contributed by atoms with E-state index in [1.165, 1.54) is 0 Å². The summed E-state index contributed by atoms with van der Waals surface area (Å²) in [4.78, 5) is 24.5. The van der Waals surface area contributed by atoms with Crippen molar-refractivity contribution < 1.29 is 9.59 Å². The molecule has 3 heteroatoms. The highest BCUT2D eigenvalue weighted by molar-refractivity contribution is 8.05. The minimum absolute atomic E-state index is 0.390. The Balaban J connectivity index is 1.92. The topological polar surface area (TPSA) is 34.1 Å². The van der Waals surface area contributed by atoms with Crippen molar-refractivity contribution in [1.82, 2.24) is 0 Å². The zero-order valence-corrected chi connectivity index (χ0v) is 12.2. The third kappa shape index (κ3) is 2.24. The second-order valence-electron chi connectivity index (χ2n) is 5.86. The Kier molecular flexibility index (Phi) is 3.55. The second kappa shape index (κ2) is 5.21. The first-order valence-electron chi connectivity index (χ1n) is 7.08. The Morgan fingerprint density at radius 3 is 2.60 bits per heavy atom. The molecule has 3 rings (SSSR count). The number of fused-ring (bicyclic) bond motifs is 1. The van der Waals surface area contributed by atoms with Gasteiger partial charge in [-0.3, -0.25) is 0 Å². The standard InChI is InChI=1S/C17H18O2S/c18-12-16-9-5-4-8-15(16)20-17(11-16,13-19)10-14-6-2-1-3-7-14/h1-3,6-8,12-13H,4-5,9-11H2. The number of carbonyl (C=O) groups is 2. The van der Waals surface area contributed by atoms with Crippen LogP contribution in [-0.2, 0) is 16.0 Å². The first-order chi connectivity index (χ1) is 9.72. The molecule has 0 spiro atoms.